The van der Waals surface area contributed by atoms with Gasteiger partial charge in [-0.1, -0.05) is 35.6 Å². The molecule has 0 saturated heterocycles. The SMILES string of the molecule is CCOc1ccc(/C=c2/sc3nc(/C=C/c4ccc(OC)cc4)nn3c2=O)cc1OCC. The topological polar surface area (TPSA) is 75.0 Å². The number of aromatic nitrogens is 3. The van der Waals surface area contributed by atoms with E-state index in [1.807, 2.05) is 68.5 Å². The molecule has 0 saturated carbocycles. The van der Waals surface area contributed by atoms with Gasteiger partial charge in [0.2, 0.25) is 4.96 Å². The second-order valence-electron chi connectivity index (χ2n) is 6.76. The van der Waals surface area contributed by atoms with Crippen LogP contribution in [0.1, 0.15) is 30.8 Å². The first-order valence-corrected chi connectivity index (χ1v) is 11.1. The van der Waals surface area contributed by atoms with E-state index in [0.29, 0.717) is 40.0 Å². The maximum absolute atomic E-state index is 12.8. The fourth-order valence-electron chi connectivity index (χ4n) is 3.11. The minimum Gasteiger partial charge on any atom is -0.497 e. The van der Waals surface area contributed by atoms with Crippen molar-refractivity contribution < 1.29 is 14.2 Å². The predicted molar refractivity (Wildman–Crippen MR) is 127 cm³/mol. The molecule has 4 rings (SSSR count). The Morgan fingerprint density at radius 2 is 1.69 bits per heavy atom. The van der Waals surface area contributed by atoms with Gasteiger partial charge in [0, 0.05) is 0 Å². The molecule has 0 radical (unpaired) electrons. The molecule has 2 aromatic carbocycles. The van der Waals surface area contributed by atoms with Crippen molar-refractivity contribution in [1.82, 2.24) is 14.6 Å². The molecule has 164 valence electrons. The number of rotatable bonds is 8. The summed E-state index contributed by atoms with van der Waals surface area (Å²) in [7, 11) is 1.63. The van der Waals surface area contributed by atoms with E-state index in [9.17, 15) is 4.79 Å². The Bertz CT molecular complexity index is 1360. The minimum absolute atomic E-state index is 0.201. The molecule has 0 N–H and O–H groups in total. The molecule has 0 unspecified atom stereocenters. The van der Waals surface area contributed by atoms with E-state index in [1.54, 1.807) is 13.2 Å². The Labute approximate surface area is 189 Å². The summed E-state index contributed by atoms with van der Waals surface area (Å²) in [6.07, 6.45) is 5.49. The van der Waals surface area contributed by atoms with Crippen LogP contribution in [0, 0.1) is 0 Å². The third kappa shape index (κ3) is 4.65. The van der Waals surface area contributed by atoms with Crippen LogP contribution in [-0.4, -0.2) is 34.9 Å². The summed E-state index contributed by atoms with van der Waals surface area (Å²) in [5.41, 5.74) is 1.63. The van der Waals surface area contributed by atoms with Gasteiger partial charge in [0.15, 0.2) is 17.3 Å². The van der Waals surface area contributed by atoms with Crippen molar-refractivity contribution in [2.45, 2.75) is 13.8 Å². The summed E-state index contributed by atoms with van der Waals surface area (Å²) < 4.78 is 18.3. The summed E-state index contributed by atoms with van der Waals surface area (Å²) in [5.74, 6) is 2.62. The Morgan fingerprint density at radius 1 is 0.969 bits per heavy atom. The Morgan fingerprint density at radius 3 is 2.38 bits per heavy atom. The number of nitrogens with zero attached hydrogens (tertiary/aromatic N) is 3. The van der Waals surface area contributed by atoms with Gasteiger partial charge in [-0.15, -0.1) is 5.10 Å². The molecule has 0 amide bonds. The highest BCUT2D eigenvalue weighted by molar-refractivity contribution is 7.15. The molecule has 4 aromatic rings. The molecule has 32 heavy (non-hydrogen) atoms. The molecule has 7 nitrogen and oxygen atoms in total. The number of ether oxygens (including phenoxy) is 3. The fourth-order valence-corrected chi connectivity index (χ4v) is 4.03. The maximum atomic E-state index is 12.8. The second kappa shape index (κ2) is 9.65. The first kappa shape index (κ1) is 21.6. The van der Waals surface area contributed by atoms with E-state index in [-0.39, 0.29) is 5.56 Å². The molecule has 0 atom stereocenters. The van der Waals surface area contributed by atoms with Gasteiger partial charge in [0.1, 0.15) is 5.75 Å². The number of thiazole rings is 1. The van der Waals surface area contributed by atoms with Crippen LogP contribution in [0.25, 0.3) is 23.2 Å². The third-order valence-corrected chi connectivity index (χ3v) is 5.56. The van der Waals surface area contributed by atoms with E-state index in [4.69, 9.17) is 14.2 Å². The molecule has 0 bridgehead atoms. The lowest BCUT2D eigenvalue weighted by Gasteiger charge is -2.11. The van der Waals surface area contributed by atoms with Crippen molar-refractivity contribution >= 4 is 34.5 Å². The van der Waals surface area contributed by atoms with E-state index in [2.05, 4.69) is 10.1 Å². The summed E-state index contributed by atoms with van der Waals surface area (Å²) >= 11 is 1.30. The fraction of sp³-hybridized carbons (Fsp3) is 0.208. The molecule has 2 heterocycles. The molecule has 0 spiro atoms. The van der Waals surface area contributed by atoms with E-state index in [1.165, 1.54) is 15.9 Å². The summed E-state index contributed by atoms with van der Waals surface area (Å²) in [4.78, 5) is 17.8. The average molecular weight is 450 g/mol. The number of fused-ring (bicyclic) bond motifs is 1. The molecule has 0 aliphatic carbocycles. The second-order valence-corrected chi connectivity index (χ2v) is 7.77. The smallest absolute Gasteiger partial charge is 0.291 e. The van der Waals surface area contributed by atoms with Crippen molar-refractivity contribution in [3.63, 3.8) is 0 Å². The van der Waals surface area contributed by atoms with Crippen molar-refractivity contribution in [3.8, 4) is 17.2 Å². The van der Waals surface area contributed by atoms with Crippen LogP contribution in [0.2, 0.25) is 0 Å². The maximum Gasteiger partial charge on any atom is 0.291 e. The van der Waals surface area contributed by atoms with Crippen molar-refractivity contribution in [2.75, 3.05) is 20.3 Å². The Kier molecular flexibility index (Phi) is 6.51. The number of hydrogen-bond acceptors (Lipinski definition) is 7. The van der Waals surface area contributed by atoms with Crippen LogP contribution in [0.4, 0.5) is 0 Å². The van der Waals surface area contributed by atoms with Gasteiger partial charge in [0.05, 0.1) is 24.9 Å². The number of methoxy groups -OCH3 is 1. The highest BCUT2D eigenvalue weighted by atomic mass is 32.1. The van der Waals surface area contributed by atoms with Gasteiger partial charge < -0.3 is 14.2 Å². The number of benzene rings is 2. The summed E-state index contributed by atoms with van der Waals surface area (Å²) in [6.45, 7) is 4.92. The lowest BCUT2D eigenvalue weighted by atomic mass is 10.2. The van der Waals surface area contributed by atoms with E-state index < -0.39 is 0 Å². The first-order chi connectivity index (χ1) is 15.6. The van der Waals surface area contributed by atoms with Crippen molar-refractivity contribution in [3.05, 3.63) is 74.3 Å². The zero-order valence-corrected chi connectivity index (χ0v) is 18.9. The first-order valence-electron chi connectivity index (χ1n) is 10.2. The lowest BCUT2D eigenvalue weighted by molar-refractivity contribution is 0.287. The van der Waals surface area contributed by atoms with Crippen LogP contribution in [0.15, 0.2) is 47.3 Å². The quantitative estimate of drug-likeness (QED) is 0.409. The van der Waals surface area contributed by atoms with Gasteiger partial charge in [-0.05, 0) is 61.4 Å². The van der Waals surface area contributed by atoms with Gasteiger partial charge in [-0.25, -0.2) is 0 Å². The third-order valence-electron chi connectivity index (χ3n) is 4.60. The van der Waals surface area contributed by atoms with E-state index >= 15 is 0 Å². The van der Waals surface area contributed by atoms with Gasteiger partial charge in [-0.3, -0.25) is 4.79 Å². The molecular formula is C24H23N3O4S. The van der Waals surface area contributed by atoms with Gasteiger partial charge in [0.25, 0.3) is 5.56 Å². The lowest BCUT2D eigenvalue weighted by Crippen LogP contribution is -2.23. The monoisotopic (exact) mass is 449 g/mol. The van der Waals surface area contributed by atoms with Crippen molar-refractivity contribution in [1.29, 1.82) is 0 Å². The van der Waals surface area contributed by atoms with Crippen LogP contribution in [0.5, 0.6) is 17.2 Å². The van der Waals surface area contributed by atoms with Crippen LogP contribution in [-0.2, 0) is 0 Å². The normalized spacial score (nSPS) is 12.0. The van der Waals surface area contributed by atoms with Gasteiger partial charge >= 0.3 is 0 Å². The number of hydrogen-bond donors (Lipinski definition) is 0. The van der Waals surface area contributed by atoms with Crippen LogP contribution in [0.3, 0.4) is 0 Å². The summed E-state index contributed by atoms with van der Waals surface area (Å²) in [5, 5.41) is 4.34. The predicted octanol–water partition coefficient (Wildman–Crippen LogP) is 3.68. The molecule has 2 aromatic heterocycles. The summed E-state index contributed by atoms with van der Waals surface area (Å²) in [6, 6.07) is 13.3. The molecule has 8 heteroatoms. The molecular weight excluding hydrogens is 426 g/mol. The van der Waals surface area contributed by atoms with E-state index in [0.717, 1.165) is 16.9 Å². The largest absolute Gasteiger partial charge is 0.497 e. The van der Waals surface area contributed by atoms with Gasteiger partial charge in [-0.2, -0.15) is 9.50 Å². The van der Waals surface area contributed by atoms with Crippen LogP contribution >= 0.6 is 11.3 Å². The minimum atomic E-state index is -0.201. The van der Waals surface area contributed by atoms with Crippen molar-refractivity contribution in [2.24, 2.45) is 0 Å². The average Bonchev–Trinajstić information content (AvgIpc) is 3.33. The molecule has 0 fully saturated rings. The Balaban J connectivity index is 1.61. The highest BCUT2D eigenvalue weighted by Gasteiger charge is 2.10. The standard InChI is InChI=1S/C24H23N3O4S/c1-4-30-19-12-8-17(14-20(19)31-5-2)15-21-23(28)27-24(32-21)25-22(26-27)13-9-16-6-10-18(29-3)11-7-16/h6-15H,4-5H2,1-3H3/b13-9+,21-15+. The Hall–Kier alpha value is -3.65. The highest BCUT2D eigenvalue weighted by Crippen LogP contribution is 2.28. The van der Waals surface area contributed by atoms with Crippen LogP contribution < -0.4 is 24.3 Å². The zero-order chi connectivity index (χ0) is 22.5. The molecule has 0 aliphatic rings. The molecule has 0 aliphatic heterocycles. The zero-order valence-electron chi connectivity index (χ0n) is 18.1.